The molecule has 0 saturated carbocycles. The van der Waals surface area contributed by atoms with E-state index in [0.29, 0.717) is 12.0 Å². The largest absolute Gasteiger partial charge is 0.388 e. The first-order valence-corrected chi connectivity index (χ1v) is 6.55. The molecule has 0 fully saturated rings. The molecular formula is C16H16ClFO. The van der Waals surface area contributed by atoms with Crippen LogP contribution in [0.2, 0.25) is 5.02 Å². The van der Waals surface area contributed by atoms with Gasteiger partial charge in [0.25, 0.3) is 0 Å². The van der Waals surface area contributed by atoms with Gasteiger partial charge in [0.15, 0.2) is 0 Å². The Morgan fingerprint density at radius 3 is 2.32 bits per heavy atom. The highest BCUT2D eigenvalue weighted by molar-refractivity contribution is 6.31. The van der Waals surface area contributed by atoms with Crippen molar-refractivity contribution in [1.82, 2.24) is 0 Å². The van der Waals surface area contributed by atoms with Crippen molar-refractivity contribution >= 4 is 11.6 Å². The van der Waals surface area contributed by atoms with Crippen molar-refractivity contribution in [2.75, 3.05) is 0 Å². The van der Waals surface area contributed by atoms with Gasteiger partial charge in [-0.1, -0.05) is 41.9 Å². The number of aliphatic hydroxyl groups is 1. The van der Waals surface area contributed by atoms with Gasteiger partial charge in [0.1, 0.15) is 5.82 Å². The second-order valence-corrected chi connectivity index (χ2v) is 5.11. The number of benzene rings is 2. The summed E-state index contributed by atoms with van der Waals surface area (Å²) in [6, 6.07) is 10.5. The van der Waals surface area contributed by atoms with E-state index in [2.05, 4.69) is 0 Å². The topological polar surface area (TPSA) is 20.2 Å². The van der Waals surface area contributed by atoms with Gasteiger partial charge < -0.3 is 5.11 Å². The summed E-state index contributed by atoms with van der Waals surface area (Å²) < 4.78 is 13.4. The van der Waals surface area contributed by atoms with Gasteiger partial charge in [0.2, 0.25) is 0 Å². The lowest BCUT2D eigenvalue weighted by atomic mass is 9.94. The van der Waals surface area contributed by atoms with Crippen molar-refractivity contribution in [2.45, 2.75) is 26.4 Å². The van der Waals surface area contributed by atoms with E-state index in [1.165, 1.54) is 6.07 Å². The fraction of sp³-hybridized carbons (Fsp3) is 0.250. The molecule has 0 aliphatic carbocycles. The quantitative estimate of drug-likeness (QED) is 0.884. The van der Waals surface area contributed by atoms with Crippen LogP contribution in [0, 0.1) is 19.7 Å². The molecule has 0 aromatic heterocycles. The number of hydrogen-bond acceptors (Lipinski definition) is 1. The van der Waals surface area contributed by atoms with Crippen molar-refractivity contribution in [2.24, 2.45) is 0 Å². The Morgan fingerprint density at radius 1 is 1.11 bits per heavy atom. The van der Waals surface area contributed by atoms with Crippen molar-refractivity contribution in [3.63, 3.8) is 0 Å². The summed E-state index contributed by atoms with van der Waals surface area (Å²) in [7, 11) is 0. The molecule has 0 radical (unpaired) electrons. The highest BCUT2D eigenvalue weighted by Gasteiger charge is 2.16. The van der Waals surface area contributed by atoms with E-state index in [1.807, 2.05) is 32.0 Å². The van der Waals surface area contributed by atoms with Crippen LogP contribution in [0.25, 0.3) is 0 Å². The summed E-state index contributed by atoms with van der Waals surface area (Å²) in [6.45, 7) is 4.00. The lowest BCUT2D eigenvalue weighted by Crippen LogP contribution is -2.06. The van der Waals surface area contributed by atoms with Crippen molar-refractivity contribution in [3.05, 3.63) is 69.5 Å². The Hall–Kier alpha value is -1.38. The van der Waals surface area contributed by atoms with Gasteiger partial charge in [0.05, 0.1) is 11.1 Å². The van der Waals surface area contributed by atoms with Crippen LogP contribution in [-0.4, -0.2) is 5.11 Å². The molecule has 19 heavy (non-hydrogen) atoms. The van der Waals surface area contributed by atoms with Gasteiger partial charge in [-0.15, -0.1) is 0 Å². The van der Waals surface area contributed by atoms with E-state index in [0.717, 1.165) is 16.7 Å². The van der Waals surface area contributed by atoms with Crippen molar-refractivity contribution in [3.8, 4) is 0 Å². The Balaban J connectivity index is 2.31. The molecule has 3 heteroatoms. The lowest BCUT2D eigenvalue weighted by molar-refractivity contribution is 0.177. The minimum absolute atomic E-state index is 0.00115. The first kappa shape index (κ1) is 14.0. The highest BCUT2D eigenvalue weighted by atomic mass is 35.5. The maximum Gasteiger partial charge on any atom is 0.142 e. The molecule has 2 aromatic rings. The summed E-state index contributed by atoms with van der Waals surface area (Å²) >= 11 is 5.90. The molecule has 0 aliphatic rings. The zero-order valence-corrected chi connectivity index (χ0v) is 11.7. The van der Waals surface area contributed by atoms with Crippen LogP contribution in [0.4, 0.5) is 4.39 Å². The van der Waals surface area contributed by atoms with Crippen LogP contribution in [-0.2, 0) is 6.42 Å². The first-order chi connectivity index (χ1) is 9.00. The molecule has 2 aromatic carbocycles. The molecule has 0 amide bonds. The predicted molar refractivity (Wildman–Crippen MR) is 76.0 cm³/mol. The van der Waals surface area contributed by atoms with E-state index in [4.69, 9.17) is 11.6 Å². The molecule has 0 bridgehead atoms. The molecule has 1 N–H and O–H groups in total. The van der Waals surface area contributed by atoms with Gasteiger partial charge in [-0.05, 0) is 36.6 Å². The average Bonchev–Trinajstić information content (AvgIpc) is 2.37. The SMILES string of the molecule is Cc1cccc(C)c1CC(O)c1cccc(F)c1Cl. The van der Waals surface area contributed by atoms with Crippen molar-refractivity contribution in [1.29, 1.82) is 0 Å². The van der Waals surface area contributed by atoms with Crippen LogP contribution < -0.4 is 0 Å². The standard InChI is InChI=1S/C16H16ClFO/c1-10-5-3-6-11(2)13(10)9-15(19)12-7-4-8-14(18)16(12)17/h3-8,15,19H,9H2,1-2H3. The Morgan fingerprint density at radius 2 is 1.68 bits per heavy atom. The van der Waals surface area contributed by atoms with Crippen LogP contribution >= 0.6 is 11.6 Å². The number of rotatable bonds is 3. The predicted octanol–water partition coefficient (Wildman–Crippen LogP) is 4.37. The third-order valence-corrected chi connectivity index (χ3v) is 3.78. The maximum absolute atomic E-state index is 13.4. The molecule has 0 aliphatic heterocycles. The lowest BCUT2D eigenvalue weighted by Gasteiger charge is -2.16. The monoisotopic (exact) mass is 278 g/mol. The second kappa shape index (κ2) is 5.72. The second-order valence-electron chi connectivity index (χ2n) is 4.73. The smallest absolute Gasteiger partial charge is 0.142 e. The maximum atomic E-state index is 13.4. The Bertz CT molecular complexity index is 575. The summed E-state index contributed by atoms with van der Waals surface area (Å²) in [4.78, 5) is 0. The van der Waals surface area contributed by atoms with E-state index in [9.17, 15) is 9.50 Å². The Kier molecular flexibility index (Phi) is 4.23. The van der Waals surface area contributed by atoms with Crippen LogP contribution in [0.3, 0.4) is 0 Å². The summed E-state index contributed by atoms with van der Waals surface area (Å²) in [5, 5.41) is 10.3. The molecule has 1 nitrogen and oxygen atoms in total. The number of hydrogen-bond donors (Lipinski definition) is 1. The zero-order valence-electron chi connectivity index (χ0n) is 11.0. The van der Waals surface area contributed by atoms with Crippen LogP contribution in [0.15, 0.2) is 36.4 Å². The van der Waals surface area contributed by atoms with Crippen molar-refractivity contribution < 1.29 is 9.50 Å². The van der Waals surface area contributed by atoms with Gasteiger partial charge >= 0.3 is 0 Å². The normalized spacial score (nSPS) is 12.5. The Labute approximate surface area is 117 Å². The van der Waals surface area contributed by atoms with Crippen LogP contribution in [0.5, 0.6) is 0 Å². The molecule has 100 valence electrons. The summed E-state index contributed by atoms with van der Waals surface area (Å²) in [6.07, 6.45) is -0.371. The van der Waals surface area contributed by atoms with E-state index >= 15 is 0 Å². The molecular weight excluding hydrogens is 263 g/mol. The number of halogens is 2. The average molecular weight is 279 g/mol. The summed E-state index contributed by atoms with van der Waals surface area (Å²) in [5.74, 6) is -0.500. The van der Waals surface area contributed by atoms with Crippen LogP contribution in [0.1, 0.15) is 28.4 Å². The first-order valence-electron chi connectivity index (χ1n) is 6.17. The third kappa shape index (κ3) is 2.96. The van der Waals surface area contributed by atoms with E-state index in [-0.39, 0.29) is 5.02 Å². The minimum Gasteiger partial charge on any atom is -0.388 e. The van der Waals surface area contributed by atoms with E-state index < -0.39 is 11.9 Å². The van der Waals surface area contributed by atoms with Gasteiger partial charge in [-0.3, -0.25) is 0 Å². The van der Waals surface area contributed by atoms with Gasteiger partial charge in [0, 0.05) is 12.0 Å². The summed E-state index contributed by atoms with van der Waals surface area (Å²) in [5.41, 5.74) is 3.75. The number of aryl methyl sites for hydroxylation is 2. The molecule has 1 unspecified atom stereocenters. The third-order valence-electron chi connectivity index (χ3n) is 3.38. The molecule has 0 heterocycles. The molecule has 1 atom stereocenters. The zero-order chi connectivity index (χ0) is 14.0. The van der Waals surface area contributed by atoms with E-state index in [1.54, 1.807) is 12.1 Å². The number of aliphatic hydroxyl groups excluding tert-OH is 1. The molecule has 0 saturated heterocycles. The van der Waals surface area contributed by atoms with Gasteiger partial charge in [-0.2, -0.15) is 0 Å². The highest BCUT2D eigenvalue weighted by Crippen LogP contribution is 2.29. The van der Waals surface area contributed by atoms with Gasteiger partial charge in [-0.25, -0.2) is 4.39 Å². The molecule has 2 rings (SSSR count). The molecule has 0 spiro atoms. The minimum atomic E-state index is -0.803. The fourth-order valence-corrected chi connectivity index (χ4v) is 2.50. The fourth-order valence-electron chi connectivity index (χ4n) is 2.25.